The molecule has 1 heterocycles. The van der Waals surface area contributed by atoms with Crippen molar-refractivity contribution in [1.82, 2.24) is 14.2 Å². The normalized spacial score (nSPS) is 12.1. The number of hydrogen-bond donors (Lipinski definition) is 3. The zero-order chi connectivity index (χ0) is 36.2. The number of carbonyl (C=O) groups excluding carboxylic acids is 1. The summed E-state index contributed by atoms with van der Waals surface area (Å²) in [5.74, 6) is -1.82. The molecule has 1 aromatic heterocycles. The van der Waals surface area contributed by atoms with Gasteiger partial charge in [-0.1, -0.05) is 79.0 Å². The summed E-state index contributed by atoms with van der Waals surface area (Å²) >= 11 is 18.9. The summed E-state index contributed by atoms with van der Waals surface area (Å²) in [7, 11) is -3.95. The van der Waals surface area contributed by atoms with E-state index >= 15 is 0 Å². The lowest BCUT2D eigenvalue weighted by atomic mass is 10.0. The van der Waals surface area contributed by atoms with Crippen molar-refractivity contribution in [3.8, 4) is 5.75 Å². The Morgan fingerprint density at radius 1 is 0.740 bits per heavy atom. The molecule has 262 valence electrons. The molecule has 0 saturated carbocycles. The SMILES string of the molecule is CC(C)c1cc(Cl)cc(S(O)(O)N(Cc2ccc(F)cc2)Cc2cccc(C(=O)N(Cc3ccc(F)cc3)Cc3cc(Cl)cc(Cl)c3)n2)c1O. The number of benzene rings is 4. The van der Waals surface area contributed by atoms with Gasteiger partial charge in [0.2, 0.25) is 0 Å². The molecule has 0 radical (unpaired) electrons. The summed E-state index contributed by atoms with van der Waals surface area (Å²) in [4.78, 5) is 20.0. The van der Waals surface area contributed by atoms with Gasteiger partial charge in [-0.15, -0.1) is 10.8 Å². The molecule has 3 N–H and O–H groups in total. The first-order valence-electron chi connectivity index (χ1n) is 15.4. The van der Waals surface area contributed by atoms with Crippen LogP contribution in [0.3, 0.4) is 0 Å². The summed E-state index contributed by atoms with van der Waals surface area (Å²) < 4.78 is 52.4. The van der Waals surface area contributed by atoms with Crippen molar-refractivity contribution in [2.45, 2.75) is 50.8 Å². The highest BCUT2D eigenvalue weighted by Crippen LogP contribution is 2.58. The van der Waals surface area contributed by atoms with E-state index in [-0.39, 0.29) is 53.5 Å². The van der Waals surface area contributed by atoms with Crippen molar-refractivity contribution >= 4 is 51.5 Å². The van der Waals surface area contributed by atoms with Gasteiger partial charge in [0.15, 0.2) is 0 Å². The average Bonchev–Trinajstić information content (AvgIpc) is 3.06. The smallest absolute Gasteiger partial charge is 0.273 e. The first kappa shape index (κ1) is 37.5. The number of aromatic nitrogens is 1. The summed E-state index contributed by atoms with van der Waals surface area (Å²) in [6.07, 6.45) is 0. The second-order valence-corrected chi connectivity index (χ2v) is 15.3. The molecular weight excluding hydrogens is 727 g/mol. The van der Waals surface area contributed by atoms with Crippen LogP contribution in [0.5, 0.6) is 5.75 Å². The van der Waals surface area contributed by atoms with Crippen molar-refractivity contribution in [2.75, 3.05) is 0 Å². The van der Waals surface area contributed by atoms with Crippen molar-refractivity contribution in [3.05, 3.63) is 157 Å². The molecule has 0 aliphatic heterocycles. The number of carbonyl (C=O) groups is 1. The molecule has 0 bridgehead atoms. The van der Waals surface area contributed by atoms with Crippen molar-refractivity contribution < 1.29 is 27.8 Å². The van der Waals surface area contributed by atoms with E-state index < -0.39 is 28.3 Å². The lowest BCUT2D eigenvalue weighted by molar-refractivity contribution is 0.0723. The first-order chi connectivity index (χ1) is 23.7. The maximum atomic E-state index is 14.1. The van der Waals surface area contributed by atoms with Gasteiger partial charge in [0.05, 0.1) is 12.2 Å². The van der Waals surface area contributed by atoms with Crippen LogP contribution in [-0.4, -0.2) is 34.3 Å². The Balaban J connectivity index is 1.51. The average molecular weight is 761 g/mol. The highest BCUT2D eigenvalue weighted by Gasteiger charge is 2.31. The third kappa shape index (κ3) is 9.32. The lowest BCUT2D eigenvalue weighted by Crippen LogP contribution is -2.31. The van der Waals surface area contributed by atoms with Gasteiger partial charge in [-0.2, -0.15) is 4.31 Å². The Labute approximate surface area is 306 Å². The fraction of sp³-hybridized carbons (Fsp3) is 0.189. The Bertz CT molecular complexity index is 1960. The zero-order valence-electron chi connectivity index (χ0n) is 27.0. The predicted molar refractivity (Wildman–Crippen MR) is 195 cm³/mol. The number of phenolic OH excluding ortho intramolecular Hbond substituents is 1. The number of rotatable bonds is 12. The second-order valence-electron chi connectivity index (χ2n) is 12.0. The van der Waals surface area contributed by atoms with Gasteiger partial charge in [0.1, 0.15) is 28.0 Å². The molecule has 13 heteroatoms. The van der Waals surface area contributed by atoms with E-state index in [9.17, 15) is 27.8 Å². The number of aromatic hydroxyl groups is 1. The molecular formula is C37H34Cl3F2N3O4S. The van der Waals surface area contributed by atoms with Crippen LogP contribution in [0.4, 0.5) is 8.78 Å². The molecule has 0 fully saturated rings. The Morgan fingerprint density at radius 2 is 1.28 bits per heavy atom. The number of amides is 1. The summed E-state index contributed by atoms with van der Waals surface area (Å²) in [5.41, 5.74) is 2.68. The van der Waals surface area contributed by atoms with E-state index in [0.717, 1.165) is 0 Å². The van der Waals surface area contributed by atoms with E-state index in [1.807, 2.05) is 13.8 Å². The van der Waals surface area contributed by atoms with Crippen molar-refractivity contribution in [2.24, 2.45) is 0 Å². The number of halogens is 5. The molecule has 5 rings (SSSR count). The maximum Gasteiger partial charge on any atom is 0.273 e. The van der Waals surface area contributed by atoms with Crippen LogP contribution in [0.25, 0.3) is 0 Å². The van der Waals surface area contributed by atoms with Gasteiger partial charge < -0.3 is 10.0 Å². The number of phenols is 1. The van der Waals surface area contributed by atoms with E-state index in [2.05, 4.69) is 4.98 Å². The number of nitrogens with zero attached hydrogens (tertiary/aromatic N) is 3. The standard InChI is InChI=1S/C37H34Cl3F2N3O4S/c1-23(2)33-17-29(40)18-35(36(33)46)50(48,49)45(21-25-8-12-31(42)13-9-25)22-32-4-3-5-34(43-32)37(47)44(19-24-6-10-30(41)11-7-24)20-26-14-27(38)16-28(39)15-26/h3-18,23,46,48-49H,19-22H2,1-2H3. The molecule has 50 heavy (non-hydrogen) atoms. The molecule has 5 aromatic rings. The largest absolute Gasteiger partial charge is 0.506 e. The minimum atomic E-state index is -3.95. The third-order valence-corrected chi connectivity index (χ3v) is 10.4. The molecule has 4 aromatic carbocycles. The fourth-order valence-electron chi connectivity index (χ4n) is 5.37. The Hall–Kier alpha value is -3.74. The van der Waals surface area contributed by atoms with Crippen molar-refractivity contribution in [1.29, 1.82) is 0 Å². The molecule has 0 atom stereocenters. The maximum absolute atomic E-state index is 14.1. The molecule has 1 amide bonds. The van der Waals surface area contributed by atoms with Crippen LogP contribution in [-0.2, 0) is 26.2 Å². The molecule has 0 spiro atoms. The highest BCUT2D eigenvalue weighted by atomic mass is 35.5. The molecule has 0 saturated heterocycles. The molecule has 7 nitrogen and oxygen atoms in total. The van der Waals surface area contributed by atoms with Gasteiger partial charge in [-0.3, -0.25) is 13.9 Å². The highest BCUT2D eigenvalue weighted by molar-refractivity contribution is 8.22. The first-order valence-corrected chi connectivity index (χ1v) is 18.1. The summed E-state index contributed by atoms with van der Waals surface area (Å²) in [6.45, 7) is 3.61. The third-order valence-electron chi connectivity index (χ3n) is 7.85. The predicted octanol–water partition coefficient (Wildman–Crippen LogP) is 10.7. The zero-order valence-corrected chi connectivity index (χ0v) is 30.1. The molecule has 0 unspecified atom stereocenters. The monoisotopic (exact) mass is 759 g/mol. The van der Waals surface area contributed by atoms with Gasteiger partial charge in [0.25, 0.3) is 5.91 Å². The number of pyridine rings is 1. The molecule has 0 aliphatic carbocycles. The van der Waals surface area contributed by atoms with Gasteiger partial charge in [-0.05, 0) is 94.9 Å². The summed E-state index contributed by atoms with van der Waals surface area (Å²) in [6, 6.07) is 23.9. The fourth-order valence-corrected chi connectivity index (χ4v) is 7.82. The summed E-state index contributed by atoms with van der Waals surface area (Å²) in [5, 5.41) is 12.2. The van der Waals surface area contributed by atoms with E-state index in [1.54, 1.807) is 48.5 Å². The quantitative estimate of drug-likeness (QED) is 0.117. The lowest BCUT2D eigenvalue weighted by Gasteiger charge is -2.43. The van der Waals surface area contributed by atoms with Crippen LogP contribution in [0.15, 0.2) is 102 Å². The Kier molecular flexibility index (Phi) is 12.1. The topological polar surface area (TPSA) is 97.1 Å². The van der Waals surface area contributed by atoms with Crippen LogP contribution in [0.2, 0.25) is 15.1 Å². The second kappa shape index (κ2) is 16.1. The minimum absolute atomic E-state index is 0.0589. The van der Waals surface area contributed by atoms with E-state index in [4.69, 9.17) is 34.8 Å². The van der Waals surface area contributed by atoms with Crippen molar-refractivity contribution in [3.63, 3.8) is 0 Å². The van der Waals surface area contributed by atoms with Gasteiger partial charge in [0, 0.05) is 34.7 Å². The van der Waals surface area contributed by atoms with Crippen LogP contribution < -0.4 is 0 Å². The van der Waals surface area contributed by atoms with Crippen LogP contribution in [0.1, 0.15) is 58.2 Å². The van der Waals surface area contributed by atoms with Crippen LogP contribution in [0, 0.1) is 11.6 Å². The Morgan fingerprint density at radius 3 is 1.86 bits per heavy atom. The van der Waals surface area contributed by atoms with E-state index in [0.29, 0.717) is 38.0 Å². The van der Waals surface area contributed by atoms with Gasteiger partial charge in [-0.25, -0.2) is 13.8 Å². The van der Waals surface area contributed by atoms with Crippen LogP contribution >= 0.6 is 45.6 Å². The minimum Gasteiger partial charge on any atom is -0.506 e. The van der Waals surface area contributed by atoms with E-state index in [1.165, 1.54) is 57.7 Å². The molecule has 0 aliphatic rings. The van der Waals surface area contributed by atoms with Gasteiger partial charge >= 0.3 is 0 Å². The number of hydrogen-bond acceptors (Lipinski definition) is 6.